The summed E-state index contributed by atoms with van der Waals surface area (Å²) in [5.41, 5.74) is 3.40. The van der Waals surface area contributed by atoms with Crippen LogP contribution in [0.2, 0.25) is 0 Å². The Hall–Kier alpha value is -1.41. The zero-order chi connectivity index (χ0) is 12.3. The van der Waals surface area contributed by atoms with Gasteiger partial charge in [-0.2, -0.15) is 0 Å². The lowest BCUT2D eigenvalue weighted by Gasteiger charge is -2.03. The highest BCUT2D eigenvalue weighted by molar-refractivity contribution is 5.98. The number of rotatable bonds is 4. The summed E-state index contributed by atoms with van der Waals surface area (Å²) in [5, 5.41) is 9.33. The Bertz CT molecular complexity index is 446. The molecule has 2 nitrogen and oxygen atoms in total. The monoisotopic (exact) mass is 230 g/mol. The first-order valence-electron chi connectivity index (χ1n) is 6.12. The molecular weight excluding hydrogens is 212 g/mol. The molecule has 0 bridgehead atoms. The highest BCUT2D eigenvalue weighted by Crippen LogP contribution is 2.20. The Morgan fingerprint density at radius 2 is 2.18 bits per heavy atom. The molecule has 0 aromatic heterocycles. The lowest BCUT2D eigenvalue weighted by atomic mass is 10.0. The number of allylic oxidation sites excluding steroid dienone is 1. The predicted molar refractivity (Wildman–Crippen MR) is 67.8 cm³/mol. The number of aryl methyl sites for hydroxylation is 2. The van der Waals surface area contributed by atoms with Gasteiger partial charge in [-0.25, -0.2) is 0 Å². The van der Waals surface area contributed by atoms with Crippen LogP contribution in [-0.2, 0) is 11.2 Å². The van der Waals surface area contributed by atoms with Gasteiger partial charge in [0.15, 0.2) is 5.78 Å². The molecule has 0 amide bonds. The number of benzene rings is 1. The number of hydrogen-bond acceptors (Lipinski definition) is 2. The topological polar surface area (TPSA) is 37.3 Å². The van der Waals surface area contributed by atoms with E-state index in [2.05, 4.69) is 31.2 Å². The normalized spacial score (nSPS) is 19.5. The lowest BCUT2D eigenvalue weighted by Crippen LogP contribution is -2.01. The molecule has 1 aromatic rings. The minimum atomic E-state index is -0.545. The van der Waals surface area contributed by atoms with Crippen molar-refractivity contribution in [3.8, 4) is 0 Å². The molecule has 0 saturated carbocycles. The molecule has 0 saturated heterocycles. The summed E-state index contributed by atoms with van der Waals surface area (Å²) < 4.78 is 0. The van der Waals surface area contributed by atoms with Gasteiger partial charge < -0.3 is 5.11 Å². The largest absolute Gasteiger partial charge is 0.389 e. The summed E-state index contributed by atoms with van der Waals surface area (Å²) in [4.78, 5) is 11.5. The molecule has 1 aliphatic rings. The van der Waals surface area contributed by atoms with Crippen molar-refractivity contribution >= 4 is 5.78 Å². The Labute approximate surface area is 102 Å². The van der Waals surface area contributed by atoms with Gasteiger partial charge in [0.1, 0.15) is 0 Å². The minimum absolute atomic E-state index is 0.113. The van der Waals surface area contributed by atoms with Crippen LogP contribution in [0.15, 0.2) is 35.9 Å². The quantitative estimate of drug-likeness (QED) is 0.863. The van der Waals surface area contributed by atoms with E-state index in [1.54, 1.807) is 6.08 Å². The number of aliphatic hydroxyl groups is 1. The van der Waals surface area contributed by atoms with Crippen molar-refractivity contribution in [2.24, 2.45) is 0 Å². The maximum atomic E-state index is 11.5. The van der Waals surface area contributed by atoms with E-state index in [0.717, 1.165) is 24.8 Å². The van der Waals surface area contributed by atoms with Crippen molar-refractivity contribution < 1.29 is 9.90 Å². The van der Waals surface area contributed by atoms with Crippen molar-refractivity contribution in [3.63, 3.8) is 0 Å². The lowest BCUT2D eigenvalue weighted by molar-refractivity contribution is -0.115. The fourth-order valence-corrected chi connectivity index (χ4v) is 2.28. The third kappa shape index (κ3) is 3.27. The first kappa shape index (κ1) is 12.1. The molecule has 1 atom stereocenters. The van der Waals surface area contributed by atoms with Gasteiger partial charge in [-0.3, -0.25) is 4.79 Å². The van der Waals surface area contributed by atoms with Gasteiger partial charge in [-0.1, -0.05) is 29.8 Å². The van der Waals surface area contributed by atoms with Crippen LogP contribution < -0.4 is 0 Å². The number of carbonyl (C=O) groups is 1. The molecule has 0 aliphatic heterocycles. The molecular formula is C15H18O2. The van der Waals surface area contributed by atoms with Crippen LogP contribution in [0.3, 0.4) is 0 Å². The Morgan fingerprint density at radius 3 is 2.82 bits per heavy atom. The SMILES string of the molecule is Cc1cccc(CCCC2=C[C@H](O)CC2=O)c1. The molecule has 0 radical (unpaired) electrons. The van der Waals surface area contributed by atoms with Crippen LogP contribution in [0.4, 0.5) is 0 Å². The van der Waals surface area contributed by atoms with Crippen LogP contribution in [0, 0.1) is 6.92 Å². The van der Waals surface area contributed by atoms with Gasteiger partial charge in [0.25, 0.3) is 0 Å². The average Bonchev–Trinajstić information content (AvgIpc) is 2.58. The molecule has 2 heteroatoms. The summed E-state index contributed by atoms with van der Waals surface area (Å²) in [7, 11) is 0. The highest BCUT2D eigenvalue weighted by Gasteiger charge is 2.21. The van der Waals surface area contributed by atoms with Crippen LogP contribution in [0.5, 0.6) is 0 Å². The van der Waals surface area contributed by atoms with Crippen LogP contribution in [0.1, 0.15) is 30.4 Å². The third-order valence-corrected chi connectivity index (χ3v) is 3.14. The summed E-state index contributed by atoms with van der Waals surface area (Å²) in [6.45, 7) is 2.09. The summed E-state index contributed by atoms with van der Waals surface area (Å²) in [6, 6.07) is 8.45. The van der Waals surface area contributed by atoms with Crippen molar-refractivity contribution in [1.29, 1.82) is 0 Å². The van der Waals surface area contributed by atoms with Crippen molar-refractivity contribution in [3.05, 3.63) is 47.0 Å². The zero-order valence-corrected chi connectivity index (χ0v) is 10.1. The van der Waals surface area contributed by atoms with Crippen LogP contribution >= 0.6 is 0 Å². The summed E-state index contributed by atoms with van der Waals surface area (Å²) in [6.07, 6.45) is 4.18. The van der Waals surface area contributed by atoms with Gasteiger partial charge in [0.2, 0.25) is 0 Å². The molecule has 0 spiro atoms. The van der Waals surface area contributed by atoms with Crippen molar-refractivity contribution in [2.45, 2.75) is 38.7 Å². The molecule has 1 aromatic carbocycles. The summed E-state index contributed by atoms with van der Waals surface area (Å²) in [5.74, 6) is 0.113. The van der Waals surface area contributed by atoms with Gasteiger partial charge in [-0.15, -0.1) is 0 Å². The maximum Gasteiger partial charge on any atom is 0.161 e. The fourth-order valence-electron chi connectivity index (χ4n) is 2.28. The minimum Gasteiger partial charge on any atom is -0.389 e. The number of aliphatic hydroxyl groups excluding tert-OH is 1. The standard InChI is InChI=1S/C15H18O2/c1-11-4-2-5-12(8-11)6-3-7-13-9-14(16)10-15(13)17/h2,4-5,8-9,14,16H,3,6-7,10H2,1H3/t14-/m0/s1. The van der Waals surface area contributed by atoms with E-state index in [4.69, 9.17) is 0 Å². The second-order valence-corrected chi connectivity index (χ2v) is 4.73. The predicted octanol–water partition coefficient (Wildman–Crippen LogP) is 2.58. The number of carbonyl (C=O) groups excluding carboxylic acids is 1. The van der Waals surface area contributed by atoms with Gasteiger partial charge >= 0.3 is 0 Å². The zero-order valence-electron chi connectivity index (χ0n) is 10.1. The maximum absolute atomic E-state index is 11.5. The molecule has 17 heavy (non-hydrogen) atoms. The van der Waals surface area contributed by atoms with E-state index in [9.17, 15) is 9.90 Å². The van der Waals surface area contributed by atoms with E-state index >= 15 is 0 Å². The van der Waals surface area contributed by atoms with Crippen LogP contribution in [0.25, 0.3) is 0 Å². The van der Waals surface area contributed by atoms with E-state index in [-0.39, 0.29) is 12.2 Å². The number of Topliss-reactive ketones (excluding diaryl/α,β-unsaturated/α-hetero) is 1. The smallest absolute Gasteiger partial charge is 0.161 e. The fraction of sp³-hybridized carbons (Fsp3) is 0.400. The summed E-state index contributed by atoms with van der Waals surface area (Å²) >= 11 is 0. The van der Waals surface area contributed by atoms with E-state index in [0.29, 0.717) is 0 Å². The first-order valence-corrected chi connectivity index (χ1v) is 6.12. The van der Waals surface area contributed by atoms with Crippen molar-refractivity contribution in [2.75, 3.05) is 0 Å². The third-order valence-electron chi connectivity index (χ3n) is 3.14. The molecule has 1 N–H and O–H groups in total. The Balaban J connectivity index is 1.84. The second kappa shape index (κ2) is 5.28. The van der Waals surface area contributed by atoms with Gasteiger partial charge in [0.05, 0.1) is 6.10 Å². The average molecular weight is 230 g/mol. The van der Waals surface area contributed by atoms with E-state index in [1.165, 1.54) is 11.1 Å². The molecule has 0 heterocycles. The molecule has 90 valence electrons. The Kier molecular flexibility index (Phi) is 3.75. The molecule has 1 aliphatic carbocycles. The molecule has 0 fully saturated rings. The molecule has 2 rings (SSSR count). The van der Waals surface area contributed by atoms with Gasteiger partial charge in [-0.05, 0) is 43.4 Å². The Morgan fingerprint density at radius 1 is 1.35 bits per heavy atom. The number of ketones is 1. The van der Waals surface area contributed by atoms with Gasteiger partial charge in [0, 0.05) is 6.42 Å². The number of hydrogen-bond donors (Lipinski definition) is 1. The highest BCUT2D eigenvalue weighted by atomic mass is 16.3. The first-order chi connectivity index (χ1) is 8.15. The van der Waals surface area contributed by atoms with E-state index < -0.39 is 6.10 Å². The van der Waals surface area contributed by atoms with Crippen molar-refractivity contribution in [1.82, 2.24) is 0 Å². The second-order valence-electron chi connectivity index (χ2n) is 4.73. The molecule has 0 unspecified atom stereocenters. The van der Waals surface area contributed by atoms with Crippen LogP contribution in [-0.4, -0.2) is 17.0 Å². The van der Waals surface area contributed by atoms with E-state index in [1.807, 2.05) is 0 Å².